The van der Waals surface area contributed by atoms with Crippen LogP contribution in [0.4, 0.5) is 23.1 Å². The van der Waals surface area contributed by atoms with Crippen LogP contribution < -0.4 is 10.6 Å². The molecule has 0 aliphatic carbocycles. The Kier molecular flexibility index (Phi) is 3.51. The van der Waals surface area contributed by atoms with Gasteiger partial charge in [0.25, 0.3) is 0 Å². The van der Waals surface area contributed by atoms with E-state index in [4.69, 9.17) is 0 Å². The molecule has 7 heteroatoms. The second-order valence-corrected chi connectivity index (χ2v) is 5.32. The number of hydrogen-bond donors (Lipinski definition) is 3. The van der Waals surface area contributed by atoms with Crippen molar-refractivity contribution >= 4 is 34.2 Å². The molecule has 0 spiro atoms. The fourth-order valence-electron chi connectivity index (χ4n) is 2.44. The number of aromatic amines is 1. The van der Waals surface area contributed by atoms with Crippen molar-refractivity contribution in [2.24, 2.45) is 0 Å². The van der Waals surface area contributed by atoms with E-state index in [1.165, 1.54) is 0 Å². The van der Waals surface area contributed by atoms with E-state index in [-0.39, 0.29) is 0 Å². The van der Waals surface area contributed by atoms with Gasteiger partial charge in [0.15, 0.2) is 5.82 Å². The first kappa shape index (κ1) is 14.1. The fraction of sp³-hybridized carbons (Fsp3) is 0.0588. The van der Waals surface area contributed by atoms with E-state index in [0.717, 1.165) is 28.0 Å². The molecule has 4 aromatic rings. The van der Waals surface area contributed by atoms with Gasteiger partial charge in [-0.15, -0.1) is 0 Å². The lowest BCUT2D eigenvalue weighted by atomic mass is 10.1. The Balaban J connectivity index is 1.58. The third-order valence-electron chi connectivity index (χ3n) is 3.62. The van der Waals surface area contributed by atoms with Crippen molar-refractivity contribution in [2.45, 2.75) is 6.92 Å². The van der Waals surface area contributed by atoms with Crippen LogP contribution in [0, 0.1) is 6.92 Å². The minimum absolute atomic E-state index is 0.573. The molecule has 1 aromatic carbocycles. The minimum atomic E-state index is 0.573. The Bertz CT molecular complexity index is 979. The standard InChI is InChI=1S/C17H15N7/c1-11-10-12(5-6-13(11)22-17-19-8-3-9-20-17)21-16-15-14(23-24-16)4-2-7-18-15/h2-10H,1H3,(H,19,20,22)(H2,21,23,24). The molecule has 0 atom stereocenters. The average Bonchev–Trinajstić information content (AvgIpc) is 3.01. The maximum absolute atomic E-state index is 4.35. The van der Waals surface area contributed by atoms with Crippen molar-refractivity contribution in [1.29, 1.82) is 0 Å². The number of nitrogens with zero attached hydrogens (tertiary/aromatic N) is 4. The fourth-order valence-corrected chi connectivity index (χ4v) is 2.44. The van der Waals surface area contributed by atoms with Crippen LogP contribution in [-0.4, -0.2) is 25.1 Å². The summed E-state index contributed by atoms with van der Waals surface area (Å²) in [4.78, 5) is 12.7. The number of anilines is 4. The van der Waals surface area contributed by atoms with Crippen molar-refractivity contribution in [2.75, 3.05) is 10.6 Å². The number of fused-ring (bicyclic) bond motifs is 1. The molecule has 0 radical (unpaired) electrons. The zero-order valence-corrected chi connectivity index (χ0v) is 13.0. The molecule has 118 valence electrons. The van der Waals surface area contributed by atoms with E-state index in [1.807, 2.05) is 37.3 Å². The second-order valence-electron chi connectivity index (χ2n) is 5.32. The summed E-state index contributed by atoms with van der Waals surface area (Å²) < 4.78 is 0. The van der Waals surface area contributed by atoms with Crippen molar-refractivity contribution in [3.63, 3.8) is 0 Å². The number of pyridine rings is 1. The molecule has 4 rings (SSSR count). The van der Waals surface area contributed by atoms with Crippen molar-refractivity contribution in [1.82, 2.24) is 25.1 Å². The Morgan fingerprint density at radius 3 is 2.58 bits per heavy atom. The van der Waals surface area contributed by atoms with Crippen LogP contribution in [0.1, 0.15) is 5.56 Å². The Labute approximate surface area is 138 Å². The first-order valence-electron chi connectivity index (χ1n) is 7.50. The number of rotatable bonds is 4. The summed E-state index contributed by atoms with van der Waals surface area (Å²) in [5.41, 5.74) is 4.68. The second kappa shape index (κ2) is 5.96. The maximum Gasteiger partial charge on any atom is 0.227 e. The monoisotopic (exact) mass is 317 g/mol. The topological polar surface area (TPSA) is 91.4 Å². The minimum Gasteiger partial charge on any atom is -0.337 e. The van der Waals surface area contributed by atoms with Crippen LogP contribution >= 0.6 is 0 Å². The predicted octanol–water partition coefficient (Wildman–Crippen LogP) is 3.54. The lowest BCUT2D eigenvalue weighted by Gasteiger charge is -2.10. The van der Waals surface area contributed by atoms with Crippen molar-refractivity contribution < 1.29 is 0 Å². The number of aromatic nitrogens is 5. The molecule has 3 N–H and O–H groups in total. The highest BCUT2D eigenvalue weighted by atomic mass is 15.2. The Hall–Kier alpha value is -3.48. The zero-order valence-electron chi connectivity index (χ0n) is 13.0. The summed E-state index contributed by atoms with van der Waals surface area (Å²) >= 11 is 0. The molecular formula is C17H15N7. The smallest absolute Gasteiger partial charge is 0.227 e. The number of hydrogen-bond acceptors (Lipinski definition) is 6. The van der Waals surface area contributed by atoms with E-state index >= 15 is 0 Å². The first-order valence-corrected chi connectivity index (χ1v) is 7.50. The van der Waals surface area contributed by atoms with Crippen LogP contribution in [0.5, 0.6) is 0 Å². The molecule has 3 heterocycles. The van der Waals surface area contributed by atoms with Gasteiger partial charge in [0.2, 0.25) is 5.95 Å². The van der Waals surface area contributed by atoms with Gasteiger partial charge in [-0.25, -0.2) is 9.97 Å². The summed E-state index contributed by atoms with van der Waals surface area (Å²) in [7, 11) is 0. The summed E-state index contributed by atoms with van der Waals surface area (Å²) in [6.07, 6.45) is 5.16. The quantitative estimate of drug-likeness (QED) is 0.533. The maximum atomic E-state index is 4.35. The number of H-pyrrole nitrogens is 1. The molecule has 0 amide bonds. The van der Waals surface area contributed by atoms with Crippen LogP contribution in [0.2, 0.25) is 0 Å². The molecule has 0 bridgehead atoms. The summed E-state index contributed by atoms with van der Waals surface area (Å²) in [5, 5.41) is 13.7. The Morgan fingerprint density at radius 2 is 1.75 bits per heavy atom. The zero-order chi connectivity index (χ0) is 16.4. The van der Waals surface area contributed by atoms with E-state index in [9.17, 15) is 0 Å². The normalized spacial score (nSPS) is 10.7. The SMILES string of the molecule is Cc1cc(Nc2n[nH]c3cccnc23)ccc1Nc1ncccn1. The van der Waals surface area contributed by atoms with Gasteiger partial charge in [0.05, 0.1) is 5.52 Å². The molecule has 0 fully saturated rings. The molecular weight excluding hydrogens is 302 g/mol. The molecule has 0 aliphatic heterocycles. The molecule has 0 aliphatic rings. The lowest BCUT2D eigenvalue weighted by Crippen LogP contribution is -1.99. The molecule has 7 nitrogen and oxygen atoms in total. The highest BCUT2D eigenvalue weighted by Gasteiger charge is 2.08. The molecule has 0 saturated heterocycles. The molecule has 3 aromatic heterocycles. The summed E-state index contributed by atoms with van der Waals surface area (Å²) in [6, 6.07) is 11.6. The van der Waals surface area contributed by atoms with Gasteiger partial charge < -0.3 is 10.6 Å². The van der Waals surface area contributed by atoms with Gasteiger partial charge >= 0.3 is 0 Å². The van der Waals surface area contributed by atoms with Gasteiger partial charge in [-0.2, -0.15) is 5.10 Å². The van der Waals surface area contributed by atoms with Gasteiger partial charge in [0, 0.05) is 30.0 Å². The van der Waals surface area contributed by atoms with E-state index in [1.54, 1.807) is 24.7 Å². The summed E-state index contributed by atoms with van der Waals surface area (Å²) in [6.45, 7) is 2.03. The molecule has 0 unspecified atom stereocenters. The van der Waals surface area contributed by atoms with E-state index < -0.39 is 0 Å². The van der Waals surface area contributed by atoms with Crippen LogP contribution in [0.25, 0.3) is 11.0 Å². The number of nitrogens with one attached hydrogen (secondary N) is 3. The van der Waals surface area contributed by atoms with E-state index in [0.29, 0.717) is 11.8 Å². The van der Waals surface area contributed by atoms with Crippen molar-refractivity contribution in [3.8, 4) is 0 Å². The van der Waals surface area contributed by atoms with Crippen LogP contribution in [0.15, 0.2) is 55.0 Å². The number of benzene rings is 1. The predicted molar refractivity (Wildman–Crippen MR) is 93.7 cm³/mol. The van der Waals surface area contributed by atoms with Gasteiger partial charge in [-0.05, 0) is 48.9 Å². The van der Waals surface area contributed by atoms with Crippen LogP contribution in [0.3, 0.4) is 0 Å². The van der Waals surface area contributed by atoms with Gasteiger partial charge in [-0.1, -0.05) is 0 Å². The van der Waals surface area contributed by atoms with Gasteiger partial charge in [0.1, 0.15) is 5.52 Å². The largest absolute Gasteiger partial charge is 0.337 e. The highest BCUT2D eigenvalue weighted by molar-refractivity contribution is 5.87. The first-order chi connectivity index (χ1) is 11.8. The average molecular weight is 317 g/mol. The van der Waals surface area contributed by atoms with E-state index in [2.05, 4.69) is 35.8 Å². The van der Waals surface area contributed by atoms with Gasteiger partial charge in [-0.3, -0.25) is 10.1 Å². The molecule has 24 heavy (non-hydrogen) atoms. The van der Waals surface area contributed by atoms with Crippen LogP contribution in [-0.2, 0) is 0 Å². The molecule has 0 saturated carbocycles. The Morgan fingerprint density at radius 1 is 0.917 bits per heavy atom. The highest BCUT2D eigenvalue weighted by Crippen LogP contribution is 2.26. The number of aryl methyl sites for hydroxylation is 1. The third kappa shape index (κ3) is 2.74. The summed E-state index contributed by atoms with van der Waals surface area (Å²) in [5.74, 6) is 1.28. The third-order valence-corrected chi connectivity index (χ3v) is 3.62. The lowest BCUT2D eigenvalue weighted by molar-refractivity contribution is 1.12. The van der Waals surface area contributed by atoms with Crippen molar-refractivity contribution in [3.05, 3.63) is 60.6 Å².